The first-order chi connectivity index (χ1) is 7.74. The summed E-state index contributed by atoms with van der Waals surface area (Å²) in [7, 11) is 0. The summed E-state index contributed by atoms with van der Waals surface area (Å²) >= 11 is 0. The third kappa shape index (κ3) is 1.91. The lowest BCUT2D eigenvalue weighted by atomic mass is 9.85. The second-order valence-corrected chi connectivity index (χ2v) is 6.60. The van der Waals surface area contributed by atoms with Crippen molar-refractivity contribution in [1.82, 2.24) is 5.32 Å². The first kappa shape index (κ1) is 11.0. The first-order valence-electron chi connectivity index (χ1n) is 7.23. The van der Waals surface area contributed by atoms with Gasteiger partial charge in [0.05, 0.1) is 0 Å². The van der Waals surface area contributed by atoms with Gasteiger partial charge in [-0.1, -0.05) is 6.92 Å². The molecule has 3 rings (SSSR count). The van der Waals surface area contributed by atoms with Crippen molar-refractivity contribution in [3.8, 4) is 0 Å². The lowest BCUT2D eigenvalue weighted by Crippen LogP contribution is -2.43. The van der Waals surface area contributed by atoms with E-state index in [-0.39, 0.29) is 0 Å². The summed E-state index contributed by atoms with van der Waals surface area (Å²) in [5, 5.41) is 3.79. The smallest absolute Gasteiger partial charge is 0.0110 e. The van der Waals surface area contributed by atoms with Crippen LogP contribution in [0.5, 0.6) is 0 Å². The normalized spacial score (nSPS) is 51.4. The summed E-state index contributed by atoms with van der Waals surface area (Å²) in [6.07, 6.45) is 8.47. The van der Waals surface area contributed by atoms with Gasteiger partial charge in [0.15, 0.2) is 0 Å². The van der Waals surface area contributed by atoms with E-state index in [0.717, 1.165) is 29.7 Å². The van der Waals surface area contributed by atoms with Crippen molar-refractivity contribution in [2.75, 3.05) is 6.54 Å². The summed E-state index contributed by atoms with van der Waals surface area (Å²) in [5.41, 5.74) is 6.34. The summed E-state index contributed by atoms with van der Waals surface area (Å²) in [6.45, 7) is 3.57. The number of nitrogens with two attached hydrogens (primary N) is 1. The van der Waals surface area contributed by atoms with Crippen LogP contribution in [0.2, 0.25) is 0 Å². The molecule has 3 fully saturated rings. The van der Waals surface area contributed by atoms with Gasteiger partial charge in [0.2, 0.25) is 0 Å². The van der Waals surface area contributed by atoms with E-state index < -0.39 is 0 Å². The van der Waals surface area contributed by atoms with Crippen LogP contribution in [0.4, 0.5) is 0 Å². The van der Waals surface area contributed by atoms with E-state index in [1.54, 1.807) is 0 Å². The average molecular weight is 222 g/mol. The molecule has 2 heteroatoms. The summed E-state index contributed by atoms with van der Waals surface area (Å²) in [4.78, 5) is 0. The molecule has 2 nitrogen and oxygen atoms in total. The molecule has 0 spiro atoms. The molecule has 0 saturated heterocycles. The van der Waals surface area contributed by atoms with Gasteiger partial charge in [-0.2, -0.15) is 0 Å². The molecule has 0 aromatic carbocycles. The largest absolute Gasteiger partial charge is 0.327 e. The zero-order valence-corrected chi connectivity index (χ0v) is 10.5. The van der Waals surface area contributed by atoms with Crippen LogP contribution in [0.1, 0.15) is 45.4 Å². The second kappa shape index (κ2) is 4.30. The minimum atomic E-state index is 0.505. The highest BCUT2D eigenvalue weighted by Crippen LogP contribution is 2.47. The van der Waals surface area contributed by atoms with Gasteiger partial charge in [-0.15, -0.1) is 0 Å². The molecule has 3 aliphatic rings. The van der Waals surface area contributed by atoms with Crippen LogP contribution in [-0.2, 0) is 0 Å². The molecular weight excluding hydrogens is 196 g/mol. The van der Waals surface area contributed by atoms with Gasteiger partial charge >= 0.3 is 0 Å². The molecule has 0 radical (unpaired) electrons. The fourth-order valence-electron chi connectivity index (χ4n) is 4.45. The Kier molecular flexibility index (Phi) is 2.97. The fraction of sp³-hybridized carbons (Fsp3) is 1.00. The maximum Gasteiger partial charge on any atom is 0.0110 e. The Labute approximate surface area is 99.4 Å². The highest BCUT2D eigenvalue weighted by molar-refractivity contribution is 5.00. The molecule has 0 heterocycles. The zero-order chi connectivity index (χ0) is 11.1. The number of hydrogen-bond donors (Lipinski definition) is 2. The van der Waals surface area contributed by atoms with Gasteiger partial charge in [0.1, 0.15) is 0 Å². The molecule has 3 N–H and O–H groups in total. The molecule has 0 aromatic heterocycles. The van der Waals surface area contributed by atoms with Gasteiger partial charge in [-0.3, -0.25) is 0 Å². The Balaban J connectivity index is 1.48. The minimum Gasteiger partial charge on any atom is -0.327 e. The monoisotopic (exact) mass is 222 g/mol. The maximum absolute atomic E-state index is 6.34. The molecule has 3 saturated carbocycles. The molecule has 6 atom stereocenters. The van der Waals surface area contributed by atoms with Crippen LogP contribution < -0.4 is 11.1 Å². The Hall–Kier alpha value is -0.0800. The lowest BCUT2D eigenvalue weighted by Gasteiger charge is -2.29. The van der Waals surface area contributed by atoms with E-state index in [1.807, 2.05) is 0 Å². The van der Waals surface area contributed by atoms with E-state index >= 15 is 0 Å². The molecule has 0 amide bonds. The average Bonchev–Trinajstić information content (AvgIpc) is 2.92. The van der Waals surface area contributed by atoms with Crippen LogP contribution in [0.25, 0.3) is 0 Å². The Morgan fingerprint density at radius 1 is 1.06 bits per heavy atom. The van der Waals surface area contributed by atoms with E-state index in [4.69, 9.17) is 5.73 Å². The quantitative estimate of drug-likeness (QED) is 0.768. The van der Waals surface area contributed by atoms with Gasteiger partial charge < -0.3 is 11.1 Å². The van der Waals surface area contributed by atoms with Crippen LogP contribution in [-0.4, -0.2) is 18.6 Å². The van der Waals surface area contributed by atoms with Gasteiger partial charge in [-0.05, 0) is 68.7 Å². The topological polar surface area (TPSA) is 38.0 Å². The highest BCUT2D eigenvalue weighted by atomic mass is 14.9. The van der Waals surface area contributed by atoms with Gasteiger partial charge in [-0.25, -0.2) is 0 Å². The lowest BCUT2D eigenvalue weighted by molar-refractivity contribution is 0.268. The minimum absolute atomic E-state index is 0.505. The Bertz CT molecular complexity index is 251. The molecule has 0 aliphatic heterocycles. The van der Waals surface area contributed by atoms with Crippen molar-refractivity contribution in [3.05, 3.63) is 0 Å². The zero-order valence-electron chi connectivity index (χ0n) is 10.5. The standard InChI is InChI=1S/C14H26N2/c1-9-2-5-12(6-9)16-8-13-10-3-4-11(7-10)14(13)15/h9-14,16H,2-8,15H2,1H3. The van der Waals surface area contributed by atoms with Crippen LogP contribution in [0.15, 0.2) is 0 Å². The summed E-state index contributed by atoms with van der Waals surface area (Å²) in [5.74, 6) is 3.53. The number of nitrogens with one attached hydrogen (secondary N) is 1. The van der Waals surface area contributed by atoms with E-state index in [0.29, 0.717) is 6.04 Å². The van der Waals surface area contributed by atoms with Gasteiger partial charge in [0, 0.05) is 12.1 Å². The molecule has 92 valence electrons. The SMILES string of the molecule is CC1CCC(NCC2C3CCC(C3)C2N)C1. The second-order valence-electron chi connectivity index (χ2n) is 6.60. The number of rotatable bonds is 3. The van der Waals surface area contributed by atoms with E-state index in [2.05, 4.69) is 12.2 Å². The fourth-order valence-corrected chi connectivity index (χ4v) is 4.45. The third-order valence-electron chi connectivity index (χ3n) is 5.50. The third-order valence-corrected chi connectivity index (χ3v) is 5.50. The molecule has 0 aromatic rings. The number of fused-ring (bicyclic) bond motifs is 2. The predicted octanol–water partition coefficient (Wildman–Crippen LogP) is 2.14. The maximum atomic E-state index is 6.34. The van der Waals surface area contributed by atoms with Crippen LogP contribution in [0.3, 0.4) is 0 Å². The van der Waals surface area contributed by atoms with Gasteiger partial charge in [0.25, 0.3) is 0 Å². The van der Waals surface area contributed by atoms with E-state index in [9.17, 15) is 0 Å². The van der Waals surface area contributed by atoms with Crippen molar-refractivity contribution in [3.63, 3.8) is 0 Å². The van der Waals surface area contributed by atoms with Crippen LogP contribution >= 0.6 is 0 Å². The molecule has 2 bridgehead atoms. The van der Waals surface area contributed by atoms with Crippen molar-refractivity contribution >= 4 is 0 Å². The Morgan fingerprint density at radius 2 is 1.88 bits per heavy atom. The van der Waals surface area contributed by atoms with Crippen molar-refractivity contribution < 1.29 is 0 Å². The molecule has 3 aliphatic carbocycles. The van der Waals surface area contributed by atoms with E-state index in [1.165, 1.54) is 45.1 Å². The summed E-state index contributed by atoms with van der Waals surface area (Å²) in [6, 6.07) is 1.30. The van der Waals surface area contributed by atoms with Crippen molar-refractivity contribution in [2.24, 2.45) is 29.4 Å². The number of hydrogen-bond acceptors (Lipinski definition) is 2. The van der Waals surface area contributed by atoms with Crippen molar-refractivity contribution in [2.45, 2.75) is 57.5 Å². The molecular formula is C14H26N2. The highest BCUT2D eigenvalue weighted by Gasteiger charge is 2.45. The predicted molar refractivity (Wildman–Crippen MR) is 67.1 cm³/mol. The van der Waals surface area contributed by atoms with Crippen molar-refractivity contribution in [1.29, 1.82) is 0 Å². The molecule has 6 unspecified atom stereocenters. The summed E-state index contributed by atoms with van der Waals surface area (Å²) < 4.78 is 0. The van der Waals surface area contributed by atoms with Crippen LogP contribution in [0, 0.1) is 23.7 Å². The Morgan fingerprint density at radius 3 is 2.50 bits per heavy atom. The molecule has 16 heavy (non-hydrogen) atoms. The first-order valence-corrected chi connectivity index (χ1v) is 7.23.